The molecule has 0 unspecified atom stereocenters. The van der Waals surface area contributed by atoms with E-state index in [0.29, 0.717) is 6.61 Å². The molecule has 6 nitrogen and oxygen atoms in total. The first-order valence-corrected chi connectivity index (χ1v) is 10.4. The molecule has 8 heteroatoms. The highest BCUT2D eigenvalue weighted by Crippen LogP contribution is 2.14. The van der Waals surface area contributed by atoms with Crippen molar-refractivity contribution in [2.24, 2.45) is 0 Å². The zero-order valence-electron chi connectivity index (χ0n) is 15.0. The summed E-state index contributed by atoms with van der Waals surface area (Å²) in [5.41, 5.74) is 0.839. The van der Waals surface area contributed by atoms with Gasteiger partial charge in [-0.05, 0) is 42.9 Å². The number of rotatable bonds is 10. The Morgan fingerprint density at radius 2 is 1.81 bits per heavy atom. The number of sulfonamides is 1. The lowest BCUT2D eigenvalue weighted by Gasteiger charge is -2.18. The summed E-state index contributed by atoms with van der Waals surface area (Å²) in [5, 5.41) is 0.250. The van der Waals surface area contributed by atoms with Crippen LogP contribution in [0, 0.1) is 0 Å². The average Bonchev–Trinajstić information content (AvgIpc) is 2.65. The van der Waals surface area contributed by atoms with E-state index in [2.05, 4.69) is 28.5 Å². The number of hydrogen-bond donors (Lipinski definition) is 1. The number of nitrogens with one attached hydrogen (secondary N) is 1. The molecule has 0 spiro atoms. The predicted molar refractivity (Wildman–Crippen MR) is 103 cm³/mol. The lowest BCUT2D eigenvalue weighted by atomic mass is 10.2. The van der Waals surface area contributed by atoms with Gasteiger partial charge in [0.2, 0.25) is 10.0 Å². The Kier molecular flexibility index (Phi) is 7.84. The van der Waals surface area contributed by atoms with Crippen LogP contribution in [-0.2, 0) is 16.6 Å². The predicted octanol–water partition coefficient (Wildman–Crippen LogP) is 2.93. The van der Waals surface area contributed by atoms with Crippen molar-refractivity contribution in [3.63, 3.8) is 0 Å². The summed E-state index contributed by atoms with van der Waals surface area (Å²) in [4.78, 5) is 6.16. The highest BCUT2D eigenvalue weighted by atomic mass is 35.5. The van der Waals surface area contributed by atoms with Crippen LogP contribution in [0.3, 0.4) is 0 Å². The van der Waals surface area contributed by atoms with E-state index >= 15 is 0 Å². The molecule has 1 aromatic carbocycles. The third kappa shape index (κ3) is 6.25. The third-order valence-electron chi connectivity index (χ3n) is 3.97. The molecule has 0 fully saturated rings. The molecule has 2 aromatic rings. The minimum absolute atomic E-state index is 0.0817. The standard InChI is InChI=1S/C18H24ClN3O3S/c1-3-22(4-2)11-12-25-16-7-5-15(6-8-16)13-21-26(23,24)17-9-10-18(19)20-14-17/h5-10,14,21H,3-4,11-13H2,1-2H3. The van der Waals surface area contributed by atoms with Gasteiger partial charge in [-0.25, -0.2) is 18.1 Å². The monoisotopic (exact) mass is 397 g/mol. The topological polar surface area (TPSA) is 71.5 Å². The fourth-order valence-electron chi connectivity index (χ4n) is 2.32. The van der Waals surface area contributed by atoms with Crippen LogP contribution in [0.2, 0.25) is 5.15 Å². The Hall–Kier alpha value is -1.67. The van der Waals surface area contributed by atoms with Gasteiger partial charge in [0.05, 0.1) is 0 Å². The lowest BCUT2D eigenvalue weighted by molar-refractivity contribution is 0.223. The summed E-state index contributed by atoms with van der Waals surface area (Å²) < 4.78 is 32.7. The summed E-state index contributed by atoms with van der Waals surface area (Å²) in [5.74, 6) is 0.769. The highest BCUT2D eigenvalue weighted by Gasteiger charge is 2.14. The quantitative estimate of drug-likeness (QED) is 0.624. The van der Waals surface area contributed by atoms with Crippen LogP contribution in [0.4, 0.5) is 0 Å². The molecule has 1 heterocycles. The number of halogens is 1. The number of benzene rings is 1. The minimum atomic E-state index is -3.62. The fourth-order valence-corrected chi connectivity index (χ4v) is 3.39. The molecule has 0 saturated heterocycles. The maximum atomic E-state index is 12.2. The molecule has 1 N–H and O–H groups in total. The van der Waals surface area contributed by atoms with Crippen molar-refractivity contribution in [2.75, 3.05) is 26.2 Å². The van der Waals surface area contributed by atoms with Crippen molar-refractivity contribution in [2.45, 2.75) is 25.3 Å². The summed E-state index contributed by atoms with van der Waals surface area (Å²) in [6.45, 7) is 7.94. The molecular weight excluding hydrogens is 374 g/mol. The maximum Gasteiger partial charge on any atom is 0.242 e. The van der Waals surface area contributed by atoms with Crippen LogP contribution in [-0.4, -0.2) is 44.5 Å². The molecule has 0 amide bonds. The Labute approximate surface area is 160 Å². The van der Waals surface area contributed by atoms with Crippen molar-refractivity contribution in [3.8, 4) is 5.75 Å². The summed E-state index contributed by atoms with van der Waals surface area (Å²) >= 11 is 5.68. The van der Waals surface area contributed by atoms with Crippen molar-refractivity contribution >= 4 is 21.6 Å². The molecule has 0 aliphatic heterocycles. The van der Waals surface area contributed by atoms with Gasteiger partial charge in [0, 0.05) is 19.3 Å². The largest absolute Gasteiger partial charge is 0.492 e. The second-order valence-electron chi connectivity index (χ2n) is 5.66. The van der Waals surface area contributed by atoms with Gasteiger partial charge in [0.15, 0.2) is 0 Å². The van der Waals surface area contributed by atoms with Crippen LogP contribution >= 0.6 is 11.6 Å². The van der Waals surface area contributed by atoms with Gasteiger partial charge in [-0.15, -0.1) is 0 Å². The molecule has 2 rings (SSSR count). The number of aromatic nitrogens is 1. The Morgan fingerprint density at radius 3 is 2.38 bits per heavy atom. The van der Waals surface area contributed by atoms with Crippen molar-refractivity contribution in [1.82, 2.24) is 14.6 Å². The Balaban J connectivity index is 1.86. The molecule has 0 saturated carbocycles. The van der Waals surface area contributed by atoms with Crippen LogP contribution < -0.4 is 9.46 Å². The first-order valence-electron chi connectivity index (χ1n) is 8.50. The molecule has 0 aliphatic rings. The summed E-state index contributed by atoms with van der Waals surface area (Å²) in [6, 6.07) is 10.2. The number of hydrogen-bond acceptors (Lipinski definition) is 5. The average molecular weight is 398 g/mol. The van der Waals surface area contributed by atoms with Crippen LogP contribution in [0.15, 0.2) is 47.5 Å². The van der Waals surface area contributed by atoms with Gasteiger partial charge in [-0.2, -0.15) is 0 Å². The molecule has 1 aromatic heterocycles. The van der Waals surface area contributed by atoms with Crippen LogP contribution in [0.25, 0.3) is 0 Å². The zero-order valence-corrected chi connectivity index (χ0v) is 16.6. The number of likely N-dealkylation sites (N-methyl/N-ethyl adjacent to an activating group) is 1. The molecule has 26 heavy (non-hydrogen) atoms. The van der Waals surface area contributed by atoms with Crippen LogP contribution in [0.1, 0.15) is 19.4 Å². The maximum absolute atomic E-state index is 12.2. The fraction of sp³-hybridized carbons (Fsp3) is 0.389. The minimum Gasteiger partial charge on any atom is -0.492 e. The third-order valence-corrected chi connectivity index (χ3v) is 5.58. The molecule has 0 aliphatic carbocycles. The molecular formula is C18H24ClN3O3S. The Bertz CT molecular complexity index is 776. The van der Waals surface area contributed by atoms with Gasteiger partial charge in [0.25, 0.3) is 0 Å². The van der Waals surface area contributed by atoms with Gasteiger partial charge in [-0.1, -0.05) is 37.6 Å². The normalized spacial score (nSPS) is 11.7. The van der Waals surface area contributed by atoms with E-state index in [-0.39, 0.29) is 16.6 Å². The molecule has 142 valence electrons. The zero-order chi connectivity index (χ0) is 19.0. The first-order chi connectivity index (χ1) is 12.4. The Morgan fingerprint density at radius 1 is 1.12 bits per heavy atom. The number of nitrogens with zero attached hydrogens (tertiary/aromatic N) is 2. The highest BCUT2D eigenvalue weighted by molar-refractivity contribution is 7.89. The number of ether oxygens (including phenoxy) is 1. The van der Waals surface area contributed by atoms with Gasteiger partial charge >= 0.3 is 0 Å². The first kappa shape index (κ1) is 20.6. The van der Waals surface area contributed by atoms with E-state index in [1.54, 1.807) is 0 Å². The van der Waals surface area contributed by atoms with E-state index in [9.17, 15) is 8.42 Å². The van der Waals surface area contributed by atoms with E-state index in [0.717, 1.165) is 30.9 Å². The van der Waals surface area contributed by atoms with Gasteiger partial charge in [0.1, 0.15) is 22.4 Å². The second kappa shape index (κ2) is 9.87. The smallest absolute Gasteiger partial charge is 0.242 e. The van der Waals surface area contributed by atoms with Crippen molar-refractivity contribution in [3.05, 3.63) is 53.3 Å². The summed E-state index contributed by atoms with van der Waals surface area (Å²) in [7, 11) is -3.62. The molecule has 0 atom stereocenters. The molecule has 0 bridgehead atoms. The SMILES string of the molecule is CCN(CC)CCOc1ccc(CNS(=O)(=O)c2ccc(Cl)nc2)cc1. The second-order valence-corrected chi connectivity index (χ2v) is 7.81. The van der Waals surface area contributed by atoms with Crippen molar-refractivity contribution in [1.29, 1.82) is 0 Å². The van der Waals surface area contributed by atoms with E-state index in [1.807, 2.05) is 24.3 Å². The van der Waals surface area contributed by atoms with Gasteiger partial charge < -0.3 is 9.64 Å². The summed E-state index contributed by atoms with van der Waals surface area (Å²) in [6.07, 6.45) is 1.23. The van der Waals surface area contributed by atoms with E-state index < -0.39 is 10.0 Å². The number of pyridine rings is 1. The molecule has 0 radical (unpaired) electrons. The van der Waals surface area contributed by atoms with Gasteiger partial charge in [-0.3, -0.25) is 0 Å². The van der Waals surface area contributed by atoms with E-state index in [1.165, 1.54) is 18.3 Å². The lowest BCUT2D eigenvalue weighted by Crippen LogP contribution is -2.27. The van der Waals surface area contributed by atoms with Crippen LogP contribution in [0.5, 0.6) is 5.75 Å². The van der Waals surface area contributed by atoms with Crippen molar-refractivity contribution < 1.29 is 13.2 Å². The van der Waals surface area contributed by atoms with E-state index in [4.69, 9.17) is 16.3 Å².